The third kappa shape index (κ3) is 4.76. The van der Waals surface area contributed by atoms with Gasteiger partial charge in [0.25, 0.3) is 11.2 Å². The molecule has 2 aromatic carbocycles. The predicted octanol–water partition coefficient (Wildman–Crippen LogP) is 5.68. The lowest BCUT2D eigenvalue weighted by Gasteiger charge is -2.16. The van der Waals surface area contributed by atoms with E-state index in [0.29, 0.717) is 21.9 Å². The molecule has 0 saturated carbocycles. The van der Waals surface area contributed by atoms with Crippen LogP contribution in [0.5, 0.6) is 0 Å². The van der Waals surface area contributed by atoms with Crippen LogP contribution in [-0.4, -0.2) is 25.6 Å². The normalized spacial score (nSPS) is 13.5. The first-order chi connectivity index (χ1) is 17.3. The Labute approximate surface area is 219 Å². The van der Waals surface area contributed by atoms with E-state index >= 15 is 0 Å². The van der Waals surface area contributed by atoms with Crippen molar-refractivity contribution in [3.8, 4) is 0 Å². The molecule has 0 bridgehead atoms. The van der Waals surface area contributed by atoms with Crippen molar-refractivity contribution in [3.05, 3.63) is 90.0 Å². The second kappa shape index (κ2) is 10.0. The number of carbonyl (C=O) groups is 1. The summed E-state index contributed by atoms with van der Waals surface area (Å²) in [5.41, 5.74) is 2.11. The fraction of sp³-hybridized carbons (Fsp3) is 0.240. The molecule has 2 heterocycles. The first-order valence-corrected chi connectivity index (χ1v) is 13.4. The molecular formula is C25H21ClN4O4S2. The number of aromatic nitrogens is 2. The number of thiophene rings is 1. The van der Waals surface area contributed by atoms with Crippen LogP contribution in [0.15, 0.2) is 58.5 Å². The zero-order chi connectivity index (χ0) is 25.4. The summed E-state index contributed by atoms with van der Waals surface area (Å²) in [4.78, 5) is 43.8. The van der Waals surface area contributed by atoms with Crippen molar-refractivity contribution >= 4 is 62.2 Å². The predicted molar refractivity (Wildman–Crippen MR) is 144 cm³/mol. The van der Waals surface area contributed by atoms with E-state index in [-0.39, 0.29) is 27.9 Å². The third-order valence-electron chi connectivity index (χ3n) is 6.05. The number of hydrogen-bond donors (Lipinski definition) is 1. The molecule has 1 N–H and O–H groups in total. The summed E-state index contributed by atoms with van der Waals surface area (Å²) in [7, 11) is 0. The summed E-state index contributed by atoms with van der Waals surface area (Å²) in [6, 6.07) is 13.5. The minimum absolute atomic E-state index is 0.0726. The van der Waals surface area contributed by atoms with E-state index in [1.165, 1.54) is 34.8 Å². The van der Waals surface area contributed by atoms with Gasteiger partial charge in [-0.3, -0.25) is 24.3 Å². The van der Waals surface area contributed by atoms with Gasteiger partial charge in [-0.2, -0.15) is 0 Å². The molecule has 0 saturated heterocycles. The van der Waals surface area contributed by atoms with Gasteiger partial charge in [0.05, 0.1) is 32.8 Å². The van der Waals surface area contributed by atoms with Gasteiger partial charge in [0, 0.05) is 17.0 Å². The van der Waals surface area contributed by atoms with E-state index in [2.05, 4.69) is 5.32 Å². The maximum Gasteiger partial charge on any atom is 0.271 e. The van der Waals surface area contributed by atoms with Crippen LogP contribution >= 0.6 is 34.7 Å². The highest BCUT2D eigenvalue weighted by molar-refractivity contribution is 8.00. The number of nitro groups is 1. The molecule has 4 aromatic rings. The average Bonchev–Trinajstić information content (AvgIpc) is 3.44. The van der Waals surface area contributed by atoms with Crippen molar-refractivity contribution in [1.29, 1.82) is 0 Å². The Morgan fingerprint density at radius 1 is 1.28 bits per heavy atom. The molecule has 1 amide bonds. The summed E-state index contributed by atoms with van der Waals surface area (Å²) in [5.74, 6) is -0.356. The van der Waals surface area contributed by atoms with Crippen LogP contribution in [0, 0.1) is 10.1 Å². The number of aryl methyl sites for hydroxylation is 2. The molecule has 0 fully saturated rings. The zero-order valence-corrected chi connectivity index (χ0v) is 21.6. The van der Waals surface area contributed by atoms with Gasteiger partial charge in [0.2, 0.25) is 5.91 Å². The molecule has 2 aromatic heterocycles. The Bertz CT molecular complexity index is 1550. The van der Waals surface area contributed by atoms with Gasteiger partial charge in [-0.15, -0.1) is 11.3 Å². The highest BCUT2D eigenvalue weighted by atomic mass is 35.5. The summed E-state index contributed by atoms with van der Waals surface area (Å²) < 4.78 is 1.65. The average molecular weight is 541 g/mol. The number of anilines is 1. The maximum atomic E-state index is 13.7. The summed E-state index contributed by atoms with van der Waals surface area (Å²) in [6.45, 7) is 2.06. The number of amides is 1. The van der Waals surface area contributed by atoms with Crippen LogP contribution in [0.25, 0.3) is 10.2 Å². The SMILES string of the molecule is C[C@@H](Sc1nc2sc3c(c2c(=O)n1Cc1ccccc1)CCC3)C(=O)Nc1ccc([N+](=O)[O-])cc1Cl. The topological polar surface area (TPSA) is 107 Å². The number of fused-ring (bicyclic) bond motifs is 3. The Kier molecular flexibility index (Phi) is 6.83. The Balaban J connectivity index is 1.46. The second-order valence-electron chi connectivity index (χ2n) is 8.48. The van der Waals surface area contributed by atoms with Crippen molar-refractivity contribution in [2.45, 2.75) is 43.1 Å². The van der Waals surface area contributed by atoms with Crippen molar-refractivity contribution in [2.24, 2.45) is 0 Å². The van der Waals surface area contributed by atoms with E-state index in [1.807, 2.05) is 30.3 Å². The van der Waals surface area contributed by atoms with Gasteiger partial charge >= 0.3 is 0 Å². The van der Waals surface area contributed by atoms with Crippen LogP contribution in [0.3, 0.4) is 0 Å². The molecule has 1 atom stereocenters. The van der Waals surface area contributed by atoms with Crippen molar-refractivity contribution in [3.63, 3.8) is 0 Å². The Hall–Kier alpha value is -3.21. The smallest absolute Gasteiger partial charge is 0.271 e. The highest BCUT2D eigenvalue weighted by Crippen LogP contribution is 2.36. The van der Waals surface area contributed by atoms with Crippen LogP contribution in [0.4, 0.5) is 11.4 Å². The number of non-ortho nitro benzene ring substituents is 1. The van der Waals surface area contributed by atoms with E-state index in [1.54, 1.807) is 22.8 Å². The van der Waals surface area contributed by atoms with Gasteiger partial charge in [0.15, 0.2) is 5.16 Å². The molecule has 11 heteroatoms. The standard InChI is InChI=1S/C25H21ClN4O4S2/c1-14(22(31)27-19-11-10-16(30(33)34)12-18(19)26)35-25-28-23-21(17-8-5-9-20(17)36-23)24(32)29(25)13-15-6-3-2-4-7-15/h2-4,6-7,10-12,14H,5,8-9,13H2,1H3,(H,27,31)/t14-/m1/s1. The monoisotopic (exact) mass is 540 g/mol. The van der Waals surface area contributed by atoms with Crippen LogP contribution in [0.1, 0.15) is 29.3 Å². The second-order valence-corrected chi connectivity index (χ2v) is 11.3. The molecule has 184 valence electrons. The molecule has 1 aliphatic carbocycles. The van der Waals surface area contributed by atoms with Crippen LogP contribution in [-0.2, 0) is 24.2 Å². The quantitative estimate of drug-likeness (QED) is 0.140. The Morgan fingerprint density at radius 3 is 2.78 bits per heavy atom. The van der Waals surface area contributed by atoms with E-state index < -0.39 is 10.2 Å². The lowest BCUT2D eigenvalue weighted by molar-refractivity contribution is -0.384. The third-order valence-corrected chi connectivity index (χ3v) is 8.63. The van der Waals surface area contributed by atoms with E-state index in [4.69, 9.17) is 16.6 Å². The fourth-order valence-corrected chi connectivity index (χ4v) is 6.65. The number of benzene rings is 2. The van der Waals surface area contributed by atoms with Gasteiger partial charge in [-0.25, -0.2) is 4.98 Å². The molecule has 5 rings (SSSR count). The first kappa shape index (κ1) is 24.5. The first-order valence-electron chi connectivity index (χ1n) is 11.3. The van der Waals surface area contributed by atoms with Gasteiger partial charge < -0.3 is 5.32 Å². The van der Waals surface area contributed by atoms with Crippen molar-refractivity contribution < 1.29 is 9.72 Å². The molecule has 0 aliphatic heterocycles. The largest absolute Gasteiger partial charge is 0.324 e. The van der Waals surface area contributed by atoms with Crippen LogP contribution < -0.4 is 10.9 Å². The number of halogens is 1. The number of thioether (sulfide) groups is 1. The van der Waals surface area contributed by atoms with Crippen molar-refractivity contribution in [1.82, 2.24) is 9.55 Å². The number of hydrogen-bond acceptors (Lipinski definition) is 7. The molecule has 0 unspecified atom stereocenters. The maximum absolute atomic E-state index is 13.7. The number of nitro benzene ring substituents is 1. The highest BCUT2D eigenvalue weighted by Gasteiger charge is 2.25. The van der Waals surface area contributed by atoms with Gasteiger partial charge in [-0.1, -0.05) is 53.7 Å². The van der Waals surface area contributed by atoms with Crippen molar-refractivity contribution in [2.75, 3.05) is 5.32 Å². The molecular weight excluding hydrogens is 520 g/mol. The van der Waals surface area contributed by atoms with Gasteiger partial charge in [0.1, 0.15) is 4.83 Å². The number of nitrogens with zero attached hydrogens (tertiary/aromatic N) is 3. The minimum atomic E-state index is -0.616. The molecule has 1 aliphatic rings. The summed E-state index contributed by atoms with van der Waals surface area (Å²) in [6.07, 6.45) is 2.90. The zero-order valence-electron chi connectivity index (χ0n) is 19.2. The van der Waals surface area contributed by atoms with E-state index in [0.717, 1.165) is 30.4 Å². The summed E-state index contributed by atoms with van der Waals surface area (Å²) in [5, 5.41) is 14.3. The molecule has 36 heavy (non-hydrogen) atoms. The Morgan fingerprint density at radius 2 is 2.06 bits per heavy atom. The number of rotatable bonds is 7. The number of nitrogens with one attached hydrogen (secondary N) is 1. The van der Waals surface area contributed by atoms with Crippen LogP contribution in [0.2, 0.25) is 5.02 Å². The lowest BCUT2D eigenvalue weighted by Crippen LogP contribution is -2.27. The summed E-state index contributed by atoms with van der Waals surface area (Å²) >= 11 is 8.90. The molecule has 0 spiro atoms. The molecule has 0 radical (unpaired) electrons. The minimum Gasteiger partial charge on any atom is -0.324 e. The number of carbonyl (C=O) groups excluding carboxylic acids is 1. The van der Waals surface area contributed by atoms with Gasteiger partial charge in [-0.05, 0) is 43.4 Å². The van der Waals surface area contributed by atoms with E-state index in [9.17, 15) is 19.7 Å². The fourth-order valence-electron chi connectivity index (χ4n) is 4.22. The lowest BCUT2D eigenvalue weighted by atomic mass is 10.2. The molecule has 8 nitrogen and oxygen atoms in total.